The minimum absolute atomic E-state index is 0.0827. The Morgan fingerprint density at radius 1 is 1.00 bits per heavy atom. The number of halogens is 1. The molecule has 2 aromatic heterocycles. The fourth-order valence-electron chi connectivity index (χ4n) is 2.96. The summed E-state index contributed by atoms with van der Waals surface area (Å²) in [5.41, 5.74) is 1.10. The average molecular weight is 414 g/mol. The highest BCUT2D eigenvalue weighted by Gasteiger charge is 2.26. The molecule has 0 amide bonds. The fourth-order valence-corrected chi connectivity index (χ4v) is 5.23. The maximum Gasteiger partial charge on any atom is 0.280 e. The molecular formula is C20H15FN2O3S2. The molecule has 2 heterocycles. The van der Waals surface area contributed by atoms with Crippen molar-refractivity contribution in [2.24, 2.45) is 0 Å². The van der Waals surface area contributed by atoms with Crippen LogP contribution in [0.2, 0.25) is 0 Å². The van der Waals surface area contributed by atoms with Gasteiger partial charge in [0, 0.05) is 15.6 Å². The highest BCUT2D eigenvalue weighted by Crippen LogP contribution is 2.30. The zero-order valence-corrected chi connectivity index (χ0v) is 16.6. The SMILES string of the molecule is Cc1ccc(-n2nc(S(=O)(=O)c3ccc(F)cc3)c3csc(C)c3c2=O)cc1. The Labute approximate surface area is 164 Å². The highest BCUT2D eigenvalue weighted by atomic mass is 32.2. The first-order valence-corrected chi connectivity index (χ1v) is 10.7. The summed E-state index contributed by atoms with van der Waals surface area (Å²) in [6, 6.07) is 11.6. The van der Waals surface area contributed by atoms with Crippen molar-refractivity contribution in [2.75, 3.05) is 0 Å². The molecule has 142 valence electrons. The van der Waals surface area contributed by atoms with Gasteiger partial charge in [0.25, 0.3) is 5.56 Å². The van der Waals surface area contributed by atoms with Crippen LogP contribution in [-0.4, -0.2) is 18.2 Å². The molecule has 2 aromatic carbocycles. The van der Waals surface area contributed by atoms with E-state index < -0.39 is 15.7 Å². The number of aromatic nitrogens is 2. The third kappa shape index (κ3) is 2.94. The van der Waals surface area contributed by atoms with Crippen LogP contribution >= 0.6 is 11.3 Å². The topological polar surface area (TPSA) is 69.0 Å². The predicted octanol–water partition coefficient (Wildman–Crippen LogP) is 4.04. The molecule has 0 aliphatic heterocycles. The third-order valence-electron chi connectivity index (χ3n) is 4.46. The first-order chi connectivity index (χ1) is 13.3. The lowest BCUT2D eigenvalue weighted by molar-refractivity contribution is 0.587. The monoisotopic (exact) mass is 414 g/mol. The van der Waals surface area contributed by atoms with Crippen molar-refractivity contribution in [3.63, 3.8) is 0 Å². The summed E-state index contributed by atoms with van der Waals surface area (Å²) >= 11 is 1.29. The van der Waals surface area contributed by atoms with Crippen molar-refractivity contribution in [3.8, 4) is 5.69 Å². The van der Waals surface area contributed by atoms with Crippen LogP contribution in [0.15, 0.2) is 68.6 Å². The van der Waals surface area contributed by atoms with Crippen molar-refractivity contribution in [1.82, 2.24) is 9.78 Å². The van der Waals surface area contributed by atoms with E-state index in [1.165, 1.54) is 23.5 Å². The third-order valence-corrected chi connectivity index (χ3v) is 7.07. The minimum atomic E-state index is -4.06. The summed E-state index contributed by atoms with van der Waals surface area (Å²) in [5.74, 6) is -0.534. The van der Waals surface area contributed by atoms with Crippen molar-refractivity contribution >= 4 is 31.9 Å². The number of rotatable bonds is 3. The molecule has 0 atom stereocenters. The van der Waals surface area contributed by atoms with Crippen LogP contribution in [-0.2, 0) is 9.84 Å². The minimum Gasteiger partial charge on any atom is -0.267 e. The molecule has 0 fully saturated rings. The highest BCUT2D eigenvalue weighted by molar-refractivity contribution is 7.91. The van der Waals surface area contributed by atoms with Crippen LogP contribution in [0.5, 0.6) is 0 Å². The Balaban J connectivity index is 2.06. The molecule has 0 aliphatic rings. The molecule has 5 nitrogen and oxygen atoms in total. The van der Waals surface area contributed by atoms with Crippen molar-refractivity contribution < 1.29 is 12.8 Å². The maximum atomic E-state index is 13.3. The molecule has 0 saturated heterocycles. The summed E-state index contributed by atoms with van der Waals surface area (Å²) in [4.78, 5) is 13.6. The van der Waals surface area contributed by atoms with Gasteiger partial charge in [0.1, 0.15) is 5.82 Å². The largest absolute Gasteiger partial charge is 0.280 e. The average Bonchev–Trinajstić information content (AvgIpc) is 3.05. The van der Waals surface area contributed by atoms with Crippen LogP contribution in [0.25, 0.3) is 16.5 Å². The second-order valence-electron chi connectivity index (χ2n) is 6.40. The van der Waals surface area contributed by atoms with Gasteiger partial charge in [0.05, 0.1) is 16.0 Å². The molecule has 4 aromatic rings. The number of aryl methyl sites for hydroxylation is 2. The Hall–Kier alpha value is -2.84. The first kappa shape index (κ1) is 18.5. The van der Waals surface area contributed by atoms with Gasteiger partial charge >= 0.3 is 0 Å². The number of hydrogen-bond donors (Lipinski definition) is 0. The molecule has 0 spiro atoms. The summed E-state index contributed by atoms with van der Waals surface area (Å²) in [6.45, 7) is 3.68. The van der Waals surface area contributed by atoms with Gasteiger partial charge in [-0.25, -0.2) is 12.8 Å². The van der Waals surface area contributed by atoms with Gasteiger partial charge in [-0.05, 0) is 50.2 Å². The molecule has 0 radical (unpaired) electrons. The lowest BCUT2D eigenvalue weighted by Crippen LogP contribution is -2.24. The maximum absolute atomic E-state index is 13.3. The second-order valence-corrected chi connectivity index (χ2v) is 9.34. The lowest BCUT2D eigenvalue weighted by Gasteiger charge is -2.10. The smallest absolute Gasteiger partial charge is 0.267 e. The Morgan fingerprint density at radius 3 is 2.29 bits per heavy atom. The van der Waals surface area contributed by atoms with E-state index in [0.29, 0.717) is 16.0 Å². The first-order valence-electron chi connectivity index (χ1n) is 8.38. The van der Waals surface area contributed by atoms with Crippen molar-refractivity contribution in [3.05, 3.63) is 80.5 Å². The van der Waals surface area contributed by atoms with E-state index in [2.05, 4.69) is 5.10 Å². The normalized spacial score (nSPS) is 11.8. The molecule has 0 bridgehead atoms. The molecule has 4 rings (SSSR count). The molecule has 28 heavy (non-hydrogen) atoms. The van der Waals surface area contributed by atoms with Gasteiger partial charge in [-0.1, -0.05) is 17.7 Å². The molecule has 0 N–H and O–H groups in total. The second kappa shape index (κ2) is 6.65. The van der Waals surface area contributed by atoms with Crippen LogP contribution < -0.4 is 5.56 Å². The van der Waals surface area contributed by atoms with Crippen molar-refractivity contribution in [1.29, 1.82) is 0 Å². The Kier molecular flexibility index (Phi) is 4.40. The molecule has 0 saturated carbocycles. The summed E-state index contributed by atoms with van der Waals surface area (Å²) in [7, 11) is -4.06. The number of fused-ring (bicyclic) bond motifs is 1. The summed E-state index contributed by atoms with van der Waals surface area (Å²) in [6.07, 6.45) is 0. The van der Waals surface area contributed by atoms with Gasteiger partial charge in [-0.3, -0.25) is 4.79 Å². The number of hydrogen-bond acceptors (Lipinski definition) is 5. The summed E-state index contributed by atoms with van der Waals surface area (Å²) in [5, 5.41) is 6.21. The van der Waals surface area contributed by atoms with E-state index in [4.69, 9.17) is 0 Å². The standard InChI is InChI=1S/C20H15FN2O3S2/c1-12-3-7-15(8-4-12)23-20(24)18-13(2)27-11-17(18)19(22-23)28(25,26)16-9-5-14(21)6-10-16/h3-11H,1-2H3. The zero-order valence-electron chi connectivity index (χ0n) is 15.0. The van der Waals surface area contributed by atoms with E-state index >= 15 is 0 Å². The fraction of sp³-hybridized carbons (Fsp3) is 0.100. The number of benzene rings is 2. The van der Waals surface area contributed by atoms with E-state index in [-0.39, 0.29) is 20.9 Å². The van der Waals surface area contributed by atoms with Crippen LogP contribution in [0.1, 0.15) is 10.4 Å². The van der Waals surface area contributed by atoms with E-state index in [1.807, 2.05) is 19.1 Å². The van der Waals surface area contributed by atoms with Gasteiger partial charge in [0.2, 0.25) is 9.84 Å². The van der Waals surface area contributed by atoms with Crippen LogP contribution in [0.3, 0.4) is 0 Å². The van der Waals surface area contributed by atoms with Gasteiger partial charge in [-0.15, -0.1) is 11.3 Å². The van der Waals surface area contributed by atoms with E-state index in [1.54, 1.807) is 24.4 Å². The molecular weight excluding hydrogens is 399 g/mol. The molecule has 0 aliphatic carbocycles. The van der Waals surface area contributed by atoms with Gasteiger partial charge in [0.15, 0.2) is 5.03 Å². The van der Waals surface area contributed by atoms with Gasteiger partial charge < -0.3 is 0 Å². The number of thiophene rings is 1. The number of nitrogens with zero attached hydrogens (tertiary/aromatic N) is 2. The van der Waals surface area contributed by atoms with Gasteiger partial charge in [-0.2, -0.15) is 9.78 Å². The van der Waals surface area contributed by atoms with E-state index in [9.17, 15) is 17.6 Å². The quantitative estimate of drug-likeness (QED) is 0.475. The number of sulfone groups is 1. The lowest BCUT2D eigenvalue weighted by atomic mass is 10.2. The predicted molar refractivity (Wildman–Crippen MR) is 107 cm³/mol. The van der Waals surface area contributed by atoms with E-state index in [0.717, 1.165) is 22.4 Å². The Bertz CT molecular complexity index is 1350. The zero-order chi connectivity index (χ0) is 20.1. The van der Waals surface area contributed by atoms with Crippen LogP contribution in [0, 0.1) is 19.7 Å². The van der Waals surface area contributed by atoms with Crippen molar-refractivity contribution in [2.45, 2.75) is 23.8 Å². The molecule has 8 heteroatoms. The molecule has 0 unspecified atom stereocenters. The summed E-state index contributed by atoms with van der Waals surface area (Å²) < 4.78 is 40.8. The van der Waals surface area contributed by atoms with Crippen LogP contribution in [0.4, 0.5) is 4.39 Å². The Morgan fingerprint density at radius 2 is 1.64 bits per heavy atom.